The van der Waals surface area contributed by atoms with E-state index >= 15 is 0 Å². The number of pyridine rings is 1. The van der Waals surface area contributed by atoms with Gasteiger partial charge in [-0.2, -0.15) is 9.97 Å². The van der Waals surface area contributed by atoms with Crippen LogP contribution in [0.15, 0.2) is 67.0 Å². The SMILES string of the molecule is CCOC(C)(OCC)N(C)CC(C)c1ccc(N(C)c2ccc(Oc3nc(O)c4ccncc4n3)cc2)cc1. The molecule has 39 heavy (non-hydrogen) atoms. The molecule has 0 saturated heterocycles. The Morgan fingerprint density at radius 3 is 2.13 bits per heavy atom. The van der Waals surface area contributed by atoms with Crippen LogP contribution in [-0.2, 0) is 9.47 Å². The first-order chi connectivity index (χ1) is 18.7. The molecule has 0 aliphatic heterocycles. The maximum Gasteiger partial charge on any atom is 0.325 e. The highest BCUT2D eigenvalue weighted by Crippen LogP contribution is 2.30. The molecule has 0 aliphatic carbocycles. The summed E-state index contributed by atoms with van der Waals surface area (Å²) >= 11 is 0. The third kappa shape index (κ3) is 6.62. The Morgan fingerprint density at radius 1 is 0.897 bits per heavy atom. The summed E-state index contributed by atoms with van der Waals surface area (Å²) in [7, 11) is 4.05. The average molecular weight is 532 g/mol. The van der Waals surface area contributed by atoms with Crippen molar-refractivity contribution in [2.24, 2.45) is 0 Å². The van der Waals surface area contributed by atoms with Gasteiger partial charge in [0.05, 0.1) is 17.1 Å². The highest BCUT2D eigenvalue weighted by molar-refractivity contribution is 5.82. The highest BCUT2D eigenvalue weighted by Gasteiger charge is 2.31. The number of rotatable bonds is 12. The zero-order valence-electron chi connectivity index (χ0n) is 23.5. The van der Waals surface area contributed by atoms with Crippen molar-refractivity contribution in [2.75, 3.05) is 38.8 Å². The molecule has 1 atom stereocenters. The molecule has 0 saturated carbocycles. The molecule has 2 aromatic heterocycles. The number of aromatic nitrogens is 3. The quantitative estimate of drug-likeness (QED) is 0.219. The van der Waals surface area contributed by atoms with Gasteiger partial charge in [0.2, 0.25) is 11.8 Å². The van der Waals surface area contributed by atoms with E-state index in [1.165, 1.54) is 5.56 Å². The van der Waals surface area contributed by atoms with Crippen LogP contribution in [0.4, 0.5) is 11.4 Å². The van der Waals surface area contributed by atoms with Crippen LogP contribution in [0.1, 0.15) is 39.2 Å². The van der Waals surface area contributed by atoms with Gasteiger partial charge in [-0.15, -0.1) is 0 Å². The van der Waals surface area contributed by atoms with E-state index in [0.29, 0.717) is 35.8 Å². The van der Waals surface area contributed by atoms with Gasteiger partial charge in [0.15, 0.2) is 0 Å². The molecule has 2 heterocycles. The van der Waals surface area contributed by atoms with Crippen molar-refractivity contribution in [1.82, 2.24) is 19.9 Å². The zero-order chi connectivity index (χ0) is 28.0. The van der Waals surface area contributed by atoms with Crippen LogP contribution in [0.25, 0.3) is 10.9 Å². The second kappa shape index (κ2) is 12.4. The Balaban J connectivity index is 1.40. The van der Waals surface area contributed by atoms with E-state index in [1.54, 1.807) is 18.5 Å². The Kier molecular flexibility index (Phi) is 8.96. The predicted octanol–water partition coefficient (Wildman–Crippen LogP) is 6.07. The van der Waals surface area contributed by atoms with Gasteiger partial charge in [0, 0.05) is 51.3 Å². The van der Waals surface area contributed by atoms with Crippen LogP contribution in [-0.4, -0.2) is 64.7 Å². The van der Waals surface area contributed by atoms with Crippen LogP contribution in [0.2, 0.25) is 0 Å². The summed E-state index contributed by atoms with van der Waals surface area (Å²) in [6.45, 7) is 10.1. The lowest BCUT2D eigenvalue weighted by Gasteiger charge is -2.39. The summed E-state index contributed by atoms with van der Waals surface area (Å²) in [5.74, 6) is -0.0326. The van der Waals surface area contributed by atoms with E-state index in [9.17, 15) is 5.11 Å². The van der Waals surface area contributed by atoms with Gasteiger partial charge in [-0.05, 0) is 74.8 Å². The van der Waals surface area contributed by atoms with E-state index in [0.717, 1.165) is 17.9 Å². The van der Waals surface area contributed by atoms with E-state index < -0.39 is 5.91 Å². The molecule has 0 radical (unpaired) electrons. The minimum Gasteiger partial charge on any atom is -0.493 e. The van der Waals surface area contributed by atoms with Crippen LogP contribution in [0.3, 0.4) is 0 Å². The fourth-order valence-corrected chi connectivity index (χ4v) is 4.49. The Hall–Kier alpha value is -3.79. The summed E-state index contributed by atoms with van der Waals surface area (Å²) in [5.41, 5.74) is 3.82. The van der Waals surface area contributed by atoms with Gasteiger partial charge in [-0.3, -0.25) is 9.88 Å². The summed E-state index contributed by atoms with van der Waals surface area (Å²) in [6.07, 6.45) is 3.14. The monoisotopic (exact) mass is 531 g/mol. The molecule has 9 nitrogen and oxygen atoms in total. The van der Waals surface area contributed by atoms with Crippen molar-refractivity contribution >= 4 is 22.3 Å². The number of likely N-dealkylation sites (N-methyl/N-ethyl adjacent to an activating group) is 1. The lowest BCUT2D eigenvalue weighted by atomic mass is 10.00. The molecule has 1 N–H and O–H groups in total. The van der Waals surface area contributed by atoms with Crippen LogP contribution in [0, 0.1) is 0 Å². The smallest absolute Gasteiger partial charge is 0.325 e. The molecular weight excluding hydrogens is 494 g/mol. The largest absolute Gasteiger partial charge is 0.493 e. The molecule has 4 rings (SSSR count). The van der Waals surface area contributed by atoms with E-state index in [-0.39, 0.29) is 11.9 Å². The van der Waals surface area contributed by atoms with Crippen molar-refractivity contribution in [2.45, 2.75) is 39.5 Å². The van der Waals surface area contributed by atoms with Gasteiger partial charge in [-0.25, -0.2) is 0 Å². The van der Waals surface area contributed by atoms with Crippen molar-refractivity contribution < 1.29 is 19.3 Å². The second-order valence-electron chi connectivity index (χ2n) is 9.51. The summed E-state index contributed by atoms with van der Waals surface area (Å²) < 4.78 is 17.6. The number of benzene rings is 2. The van der Waals surface area contributed by atoms with E-state index in [4.69, 9.17) is 14.2 Å². The molecule has 0 fully saturated rings. The molecule has 0 aliphatic rings. The molecule has 1 unspecified atom stereocenters. The topological polar surface area (TPSA) is 93.1 Å². The number of aromatic hydroxyl groups is 1. The fourth-order valence-electron chi connectivity index (χ4n) is 4.49. The van der Waals surface area contributed by atoms with Crippen LogP contribution in [0.5, 0.6) is 17.6 Å². The molecular formula is C30H37N5O4. The second-order valence-corrected chi connectivity index (χ2v) is 9.51. The van der Waals surface area contributed by atoms with Crippen molar-refractivity contribution in [3.05, 3.63) is 72.6 Å². The molecule has 2 aromatic carbocycles. The summed E-state index contributed by atoms with van der Waals surface area (Å²) in [6, 6.07) is 17.9. The first-order valence-corrected chi connectivity index (χ1v) is 13.2. The number of hydrogen-bond donors (Lipinski definition) is 1. The number of nitrogens with zero attached hydrogens (tertiary/aromatic N) is 5. The summed E-state index contributed by atoms with van der Waals surface area (Å²) in [5, 5.41) is 10.7. The standard InChI is InChI=1S/C30H37N5O4/c1-7-37-30(4,38-8-2)34(5)20-21(3)22-9-11-23(12-10-22)35(6)24-13-15-25(16-14-24)39-29-32-27-19-31-18-17-26(27)28(36)33-29/h9-19,21H,7-8,20H2,1-6H3,(H,32,33,36). The zero-order valence-corrected chi connectivity index (χ0v) is 23.5. The minimum atomic E-state index is -0.744. The predicted molar refractivity (Wildman–Crippen MR) is 153 cm³/mol. The van der Waals surface area contributed by atoms with Gasteiger partial charge >= 0.3 is 6.01 Å². The first-order valence-electron chi connectivity index (χ1n) is 13.2. The number of hydrogen-bond acceptors (Lipinski definition) is 9. The average Bonchev–Trinajstić information content (AvgIpc) is 2.93. The van der Waals surface area contributed by atoms with Gasteiger partial charge < -0.3 is 24.2 Å². The van der Waals surface area contributed by atoms with Crippen molar-refractivity contribution in [3.63, 3.8) is 0 Å². The number of ether oxygens (including phenoxy) is 3. The van der Waals surface area contributed by atoms with Crippen LogP contribution >= 0.6 is 0 Å². The Bertz CT molecular complexity index is 1360. The normalized spacial score (nSPS) is 12.6. The van der Waals surface area contributed by atoms with Gasteiger partial charge in [-0.1, -0.05) is 19.1 Å². The van der Waals surface area contributed by atoms with E-state index in [2.05, 4.69) is 55.9 Å². The molecule has 0 bridgehead atoms. The highest BCUT2D eigenvalue weighted by atomic mass is 16.7. The molecule has 9 heteroatoms. The maximum atomic E-state index is 10.2. The van der Waals surface area contributed by atoms with E-state index in [1.807, 2.05) is 59.1 Å². The first kappa shape index (κ1) is 28.2. The van der Waals surface area contributed by atoms with Gasteiger partial charge in [0.1, 0.15) is 5.75 Å². The lowest BCUT2D eigenvalue weighted by molar-refractivity contribution is -0.298. The number of anilines is 2. The van der Waals surface area contributed by atoms with Crippen LogP contribution < -0.4 is 9.64 Å². The molecule has 206 valence electrons. The molecule has 4 aromatic rings. The summed E-state index contributed by atoms with van der Waals surface area (Å²) in [4.78, 5) is 16.6. The Morgan fingerprint density at radius 2 is 1.51 bits per heavy atom. The molecule has 0 amide bonds. The third-order valence-electron chi connectivity index (χ3n) is 6.81. The Labute approximate surface area is 230 Å². The third-order valence-corrected chi connectivity index (χ3v) is 6.81. The number of fused-ring (bicyclic) bond motifs is 1. The minimum absolute atomic E-state index is 0.0623. The maximum absolute atomic E-state index is 10.2. The lowest BCUT2D eigenvalue weighted by Crippen LogP contribution is -2.49. The van der Waals surface area contributed by atoms with Crippen molar-refractivity contribution in [1.29, 1.82) is 0 Å². The molecule has 0 spiro atoms. The van der Waals surface area contributed by atoms with Gasteiger partial charge in [0.25, 0.3) is 0 Å². The van der Waals surface area contributed by atoms with Crippen molar-refractivity contribution in [3.8, 4) is 17.6 Å². The fraction of sp³-hybridized carbons (Fsp3) is 0.367.